The number of hydrogen-bond donors (Lipinski definition) is 2. The van der Waals surface area contributed by atoms with Gasteiger partial charge in [-0.15, -0.1) is 0 Å². The predicted molar refractivity (Wildman–Crippen MR) is 99.1 cm³/mol. The van der Waals surface area contributed by atoms with Gasteiger partial charge in [0.05, 0.1) is 12.8 Å². The summed E-state index contributed by atoms with van der Waals surface area (Å²) in [5.74, 6) is 0.934. The average Bonchev–Trinajstić information content (AvgIpc) is 3.12. The molecule has 0 bridgehead atoms. The zero-order valence-corrected chi connectivity index (χ0v) is 14.5. The van der Waals surface area contributed by atoms with Crippen LogP contribution < -0.4 is 10.1 Å². The average molecular weight is 335 g/mol. The van der Waals surface area contributed by atoms with Gasteiger partial charge in [0.1, 0.15) is 11.4 Å². The van der Waals surface area contributed by atoms with E-state index < -0.39 is 0 Å². The van der Waals surface area contributed by atoms with Crippen molar-refractivity contribution in [1.29, 1.82) is 0 Å². The van der Waals surface area contributed by atoms with E-state index in [1.54, 1.807) is 13.2 Å². The Kier molecular flexibility index (Phi) is 4.84. The van der Waals surface area contributed by atoms with Crippen molar-refractivity contribution in [1.82, 2.24) is 10.2 Å². The van der Waals surface area contributed by atoms with Gasteiger partial charge in [-0.1, -0.05) is 38.1 Å². The van der Waals surface area contributed by atoms with E-state index in [1.165, 1.54) is 5.56 Å². The summed E-state index contributed by atoms with van der Waals surface area (Å²) >= 11 is 0. The lowest BCUT2D eigenvalue weighted by Crippen LogP contribution is -2.12. The molecule has 3 rings (SSSR count). The molecule has 0 unspecified atom stereocenters. The number of benzene rings is 2. The van der Waals surface area contributed by atoms with Crippen LogP contribution in [0.5, 0.6) is 5.75 Å². The van der Waals surface area contributed by atoms with E-state index in [9.17, 15) is 4.79 Å². The number of H-pyrrole nitrogens is 1. The Morgan fingerprint density at radius 3 is 2.68 bits per heavy atom. The first-order valence-corrected chi connectivity index (χ1v) is 8.18. The molecule has 3 aromatic rings. The Hall–Kier alpha value is -3.08. The van der Waals surface area contributed by atoms with Crippen LogP contribution in [0, 0.1) is 0 Å². The van der Waals surface area contributed by atoms with Gasteiger partial charge in [0.2, 0.25) is 0 Å². The predicted octanol–water partition coefficient (Wildman–Crippen LogP) is 4.46. The van der Waals surface area contributed by atoms with Gasteiger partial charge in [0.25, 0.3) is 5.91 Å². The molecular weight excluding hydrogens is 314 g/mol. The van der Waals surface area contributed by atoms with Gasteiger partial charge in [0, 0.05) is 11.3 Å². The minimum atomic E-state index is -0.220. The molecule has 0 radical (unpaired) electrons. The zero-order valence-electron chi connectivity index (χ0n) is 14.5. The third-order valence-corrected chi connectivity index (χ3v) is 4.00. The van der Waals surface area contributed by atoms with Gasteiger partial charge in [-0.25, -0.2) is 0 Å². The van der Waals surface area contributed by atoms with E-state index in [0.717, 1.165) is 17.0 Å². The van der Waals surface area contributed by atoms with E-state index in [4.69, 9.17) is 4.74 Å². The fraction of sp³-hybridized carbons (Fsp3) is 0.200. The second-order valence-corrected chi connectivity index (χ2v) is 6.13. The van der Waals surface area contributed by atoms with Crippen LogP contribution in [0.25, 0.3) is 11.3 Å². The van der Waals surface area contributed by atoms with Crippen molar-refractivity contribution in [2.75, 3.05) is 12.4 Å². The number of methoxy groups -OCH3 is 1. The van der Waals surface area contributed by atoms with E-state index in [1.807, 2.05) is 42.5 Å². The zero-order chi connectivity index (χ0) is 17.8. The van der Waals surface area contributed by atoms with Gasteiger partial charge in [-0.05, 0) is 41.8 Å². The third kappa shape index (κ3) is 3.88. The van der Waals surface area contributed by atoms with Crippen LogP contribution in [0.2, 0.25) is 0 Å². The maximum atomic E-state index is 12.5. The van der Waals surface area contributed by atoms with Crippen molar-refractivity contribution >= 4 is 11.6 Å². The highest BCUT2D eigenvalue weighted by atomic mass is 16.5. The topological polar surface area (TPSA) is 67.0 Å². The second-order valence-electron chi connectivity index (χ2n) is 6.13. The number of amides is 1. The number of hydrogen-bond acceptors (Lipinski definition) is 3. The summed E-state index contributed by atoms with van der Waals surface area (Å²) in [7, 11) is 1.62. The largest absolute Gasteiger partial charge is 0.497 e. The van der Waals surface area contributed by atoms with Crippen LogP contribution in [-0.2, 0) is 0 Å². The molecule has 0 aliphatic rings. The smallest absolute Gasteiger partial charge is 0.273 e. The summed E-state index contributed by atoms with van der Waals surface area (Å²) in [6.45, 7) is 4.24. The Morgan fingerprint density at radius 1 is 1.12 bits per heavy atom. The van der Waals surface area contributed by atoms with E-state index in [-0.39, 0.29) is 5.91 Å². The normalized spacial score (nSPS) is 10.7. The fourth-order valence-electron chi connectivity index (χ4n) is 2.54. The summed E-state index contributed by atoms with van der Waals surface area (Å²) in [5.41, 5.74) is 3.94. The number of aromatic amines is 1. The quantitative estimate of drug-likeness (QED) is 0.723. The number of nitrogens with zero attached hydrogens (tertiary/aromatic N) is 1. The van der Waals surface area contributed by atoms with Gasteiger partial charge >= 0.3 is 0 Å². The summed E-state index contributed by atoms with van der Waals surface area (Å²) < 4.78 is 5.22. The van der Waals surface area contributed by atoms with Crippen LogP contribution in [0.4, 0.5) is 5.69 Å². The highest BCUT2D eigenvalue weighted by molar-refractivity contribution is 6.03. The summed E-state index contributed by atoms with van der Waals surface area (Å²) in [6, 6.07) is 17.2. The molecule has 0 atom stereocenters. The summed E-state index contributed by atoms with van der Waals surface area (Å²) in [5, 5.41) is 9.93. The maximum absolute atomic E-state index is 12.5. The molecule has 128 valence electrons. The molecule has 1 aromatic heterocycles. The molecule has 0 spiro atoms. The third-order valence-electron chi connectivity index (χ3n) is 4.00. The molecule has 0 saturated carbocycles. The molecule has 5 heteroatoms. The molecule has 0 aliphatic carbocycles. The molecule has 5 nitrogen and oxygen atoms in total. The molecule has 2 aromatic carbocycles. The molecule has 2 N–H and O–H groups in total. The molecule has 1 heterocycles. The van der Waals surface area contributed by atoms with E-state index >= 15 is 0 Å². The first kappa shape index (κ1) is 16.8. The fourth-order valence-corrected chi connectivity index (χ4v) is 2.54. The molecule has 0 fully saturated rings. The van der Waals surface area contributed by atoms with Crippen LogP contribution in [-0.4, -0.2) is 23.2 Å². The van der Waals surface area contributed by atoms with Crippen LogP contribution in [0.3, 0.4) is 0 Å². The number of nitrogens with one attached hydrogen (secondary N) is 2. The number of aromatic nitrogens is 2. The maximum Gasteiger partial charge on any atom is 0.273 e. The lowest BCUT2D eigenvalue weighted by molar-refractivity contribution is 0.102. The molecule has 0 aliphatic heterocycles. The van der Waals surface area contributed by atoms with Crippen molar-refractivity contribution in [3.8, 4) is 17.0 Å². The number of rotatable bonds is 5. The number of anilines is 1. The Labute approximate surface area is 147 Å². The van der Waals surface area contributed by atoms with Crippen molar-refractivity contribution in [2.24, 2.45) is 0 Å². The highest BCUT2D eigenvalue weighted by Crippen LogP contribution is 2.23. The van der Waals surface area contributed by atoms with E-state index in [2.05, 4.69) is 35.4 Å². The number of carbonyl (C=O) groups excluding carboxylic acids is 1. The Bertz CT molecular complexity index is 884. The van der Waals surface area contributed by atoms with Crippen LogP contribution in [0.1, 0.15) is 35.8 Å². The summed E-state index contributed by atoms with van der Waals surface area (Å²) in [6.07, 6.45) is 0. The lowest BCUT2D eigenvalue weighted by atomic mass is 10.0. The van der Waals surface area contributed by atoms with Gasteiger partial charge < -0.3 is 10.1 Å². The number of carbonyl (C=O) groups is 1. The standard InChI is InChI=1S/C20H21N3O2/c1-13(2)14-6-4-8-16(10-14)21-20(24)19-12-18(22-23-19)15-7-5-9-17(11-15)25-3/h4-13H,1-3H3,(H,21,24)(H,22,23). The second kappa shape index (κ2) is 7.21. The Balaban J connectivity index is 1.77. The minimum absolute atomic E-state index is 0.220. The van der Waals surface area contributed by atoms with Crippen LogP contribution in [0.15, 0.2) is 54.6 Å². The van der Waals surface area contributed by atoms with Gasteiger partial charge in [-0.3, -0.25) is 9.89 Å². The lowest BCUT2D eigenvalue weighted by Gasteiger charge is -2.08. The molecule has 0 saturated heterocycles. The number of ether oxygens (including phenoxy) is 1. The van der Waals surface area contributed by atoms with Crippen molar-refractivity contribution < 1.29 is 9.53 Å². The first-order valence-electron chi connectivity index (χ1n) is 8.18. The van der Waals surface area contributed by atoms with Crippen molar-refractivity contribution in [3.63, 3.8) is 0 Å². The van der Waals surface area contributed by atoms with Gasteiger partial charge in [0.15, 0.2) is 0 Å². The first-order chi connectivity index (χ1) is 12.1. The van der Waals surface area contributed by atoms with Crippen molar-refractivity contribution in [3.05, 3.63) is 65.9 Å². The summed E-state index contributed by atoms with van der Waals surface area (Å²) in [4.78, 5) is 12.5. The highest BCUT2D eigenvalue weighted by Gasteiger charge is 2.12. The molecule has 1 amide bonds. The minimum Gasteiger partial charge on any atom is -0.497 e. The molecule has 25 heavy (non-hydrogen) atoms. The molecular formula is C20H21N3O2. The SMILES string of the molecule is COc1cccc(-c2cc(C(=O)Nc3cccc(C(C)C)c3)[nH]n2)c1. The van der Waals surface area contributed by atoms with Gasteiger partial charge in [-0.2, -0.15) is 5.10 Å². The van der Waals surface area contributed by atoms with E-state index in [0.29, 0.717) is 17.3 Å². The van der Waals surface area contributed by atoms with Crippen LogP contribution >= 0.6 is 0 Å². The van der Waals surface area contributed by atoms with Crippen molar-refractivity contribution in [2.45, 2.75) is 19.8 Å². The Morgan fingerprint density at radius 2 is 1.92 bits per heavy atom. The monoisotopic (exact) mass is 335 g/mol.